The van der Waals surface area contributed by atoms with Gasteiger partial charge in [0.15, 0.2) is 0 Å². The van der Waals surface area contributed by atoms with Gasteiger partial charge in [-0.3, -0.25) is 9.59 Å². The lowest BCUT2D eigenvalue weighted by Gasteiger charge is -2.17. The molecule has 0 radical (unpaired) electrons. The summed E-state index contributed by atoms with van der Waals surface area (Å²) >= 11 is 0. The van der Waals surface area contributed by atoms with Crippen LogP contribution in [0.3, 0.4) is 0 Å². The molecule has 4 rings (SSSR count). The number of anilines is 3. The van der Waals surface area contributed by atoms with E-state index in [1.54, 1.807) is 36.2 Å². The second kappa shape index (κ2) is 11.3. The minimum atomic E-state index is -0.169. The highest BCUT2D eigenvalue weighted by atomic mass is 16.5. The van der Waals surface area contributed by atoms with E-state index in [2.05, 4.69) is 10.6 Å². The normalized spacial score (nSPS) is 14.9. The van der Waals surface area contributed by atoms with Crippen molar-refractivity contribution < 1.29 is 19.1 Å². The smallest absolute Gasteiger partial charge is 0.258 e. The van der Waals surface area contributed by atoms with Crippen molar-refractivity contribution >= 4 is 28.9 Å². The summed E-state index contributed by atoms with van der Waals surface area (Å²) in [6, 6.07) is 23.8. The number of nitrogens with zero attached hydrogens (tertiary/aromatic N) is 1. The zero-order valence-corrected chi connectivity index (χ0v) is 19.2. The van der Waals surface area contributed by atoms with Crippen LogP contribution in [0, 0.1) is 0 Å². The minimum Gasteiger partial charge on any atom is -0.491 e. The fraction of sp³-hybridized carbons (Fsp3) is 0.259. The van der Waals surface area contributed by atoms with E-state index in [1.807, 2.05) is 54.6 Å². The van der Waals surface area contributed by atoms with Crippen molar-refractivity contribution in [1.29, 1.82) is 0 Å². The maximum absolute atomic E-state index is 12.7. The number of carbonyl (C=O) groups is 2. The van der Waals surface area contributed by atoms with Crippen molar-refractivity contribution in [1.82, 2.24) is 0 Å². The van der Waals surface area contributed by atoms with Crippen LogP contribution in [0.15, 0.2) is 78.9 Å². The lowest BCUT2D eigenvalue weighted by atomic mass is 10.1. The van der Waals surface area contributed by atoms with Gasteiger partial charge in [0.05, 0.1) is 12.6 Å². The highest BCUT2D eigenvalue weighted by molar-refractivity contribution is 6.05. The van der Waals surface area contributed by atoms with Crippen molar-refractivity contribution in [3.05, 3.63) is 84.4 Å². The van der Waals surface area contributed by atoms with E-state index in [1.165, 1.54) is 0 Å². The topological polar surface area (TPSA) is 79.9 Å². The second-order valence-electron chi connectivity index (χ2n) is 8.15. The van der Waals surface area contributed by atoms with Crippen LogP contribution < -0.4 is 20.3 Å². The number of benzene rings is 3. The van der Waals surface area contributed by atoms with E-state index in [9.17, 15) is 9.59 Å². The van der Waals surface area contributed by atoms with Crippen molar-refractivity contribution in [3.8, 4) is 5.75 Å². The van der Waals surface area contributed by atoms with Crippen LogP contribution >= 0.6 is 0 Å². The van der Waals surface area contributed by atoms with Crippen LogP contribution in [0.4, 0.5) is 17.1 Å². The molecule has 3 aromatic carbocycles. The summed E-state index contributed by atoms with van der Waals surface area (Å²) in [5, 5.41) is 5.94. The first-order valence-corrected chi connectivity index (χ1v) is 11.4. The van der Waals surface area contributed by atoms with Gasteiger partial charge in [-0.1, -0.05) is 18.2 Å². The Labute approximate surface area is 199 Å². The Balaban J connectivity index is 1.22. The van der Waals surface area contributed by atoms with Crippen LogP contribution in [-0.4, -0.2) is 44.7 Å². The number of carbonyl (C=O) groups excluding carboxylic acids is 2. The molecule has 176 valence electrons. The molecule has 1 aliphatic heterocycles. The van der Waals surface area contributed by atoms with Crippen LogP contribution in [0.2, 0.25) is 0 Å². The molecule has 34 heavy (non-hydrogen) atoms. The first kappa shape index (κ1) is 23.3. The average molecular weight is 460 g/mol. The van der Waals surface area contributed by atoms with Crippen molar-refractivity contribution in [2.24, 2.45) is 0 Å². The molecule has 0 spiro atoms. The van der Waals surface area contributed by atoms with Crippen molar-refractivity contribution in [2.75, 3.05) is 42.3 Å². The Kier molecular flexibility index (Phi) is 7.78. The fourth-order valence-electron chi connectivity index (χ4n) is 3.68. The monoisotopic (exact) mass is 459 g/mol. The standard InChI is InChI=1S/C27H29N3O4/c1-30(23-6-3-2-4-7-23)27(32)20-9-11-21(12-10-20)28-18-26(31)29-22-13-15-24(16-14-22)34-19-25-8-5-17-33-25/h2-4,6-7,9-16,25,28H,5,8,17-19H2,1H3,(H,29,31). The summed E-state index contributed by atoms with van der Waals surface area (Å²) in [6.07, 6.45) is 2.29. The van der Waals surface area contributed by atoms with Gasteiger partial charge < -0.3 is 25.0 Å². The molecule has 0 saturated carbocycles. The SMILES string of the molecule is CN(C(=O)c1ccc(NCC(=O)Nc2ccc(OCC3CCCO3)cc2)cc1)c1ccccc1. The summed E-state index contributed by atoms with van der Waals surface area (Å²) in [6.45, 7) is 1.46. The second-order valence-corrected chi connectivity index (χ2v) is 8.15. The van der Waals surface area contributed by atoms with E-state index in [-0.39, 0.29) is 24.5 Å². The van der Waals surface area contributed by atoms with Gasteiger partial charge in [-0.2, -0.15) is 0 Å². The third kappa shape index (κ3) is 6.36. The Morgan fingerprint density at radius 3 is 2.35 bits per heavy atom. The highest BCUT2D eigenvalue weighted by Gasteiger charge is 2.16. The predicted molar refractivity (Wildman–Crippen MR) is 134 cm³/mol. The summed E-state index contributed by atoms with van der Waals surface area (Å²) in [5.41, 5.74) is 2.85. The van der Waals surface area contributed by atoms with E-state index in [0.29, 0.717) is 17.9 Å². The Morgan fingerprint density at radius 1 is 0.971 bits per heavy atom. The molecule has 7 nitrogen and oxygen atoms in total. The molecule has 1 fully saturated rings. The maximum Gasteiger partial charge on any atom is 0.258 e. The van der Waals surface area contributed by atoms with Gasteiger partial charge >= 0.3 is 0 Å². The van der Waals surface area contributed by atoms with Crippen LogP contribution in [0.1, 0.15) is 23.2 Å². The number of hydrogen-bond acceptors (Lipinski definition) is 5. The zero-order valence-electron chi connectivity index (χ0n) is 19.2. The minimum absolute atomic E-state index is 0.0984. The number of nitrogens with one attached hydrogen (secondary N) is 2. The van der Waals surface area contributed by atoms with Crippen LogP contribution in [-0.2, 0) is 9.53 Å². The summed E-state index contributed by atoms with van der Waals surface area (Å²) in [5.74, 6) is 0.481. The largest absolute Gasteiger partial charge is 0.491 e. The van der Waals surface area contributed by atoms with Gasteiger partial charge in [-0.15, -0.1) is 0 Å². The fourth-order valence-corrected chi connectivity index (χ4v) is 3.68. The molecule has 7 heteroatoms. The number of ether oxygens (including phenoxy) is 2. The third-order valence-electron chi connectivity index (χ3n) is 5.63. The summed E-state index contributed by atoms with van der Waals surface area (Å²) < 4.78 is 11.3. The summed E-state index contributed by atoms with van der Waals surface area (Å²) in [4.78, 5) is 26.6. The van der Waals surface area contributed by atoms with Gasteiger partial charge in [0, 0.05) is 36.3 Å². The van der Waals surface area contributed by atoms with Crippen LogP contribution in [0.25, 0.3) is 0 Å². The molecule has 3 aromatic rings. The molecule has 2 amide bonds. The average Bonchev–Trinajstić information content (AvgIpc) is 3.41. The molecule has 2 N–H and O–H groups in total. The number of para-hydroxylation sites is 1. The van der Waals surface area contributed by atoms with Gasteiger partial charge in [-0.05, 0) is 73.5 Å². The Hall–Kier alpha value is -3.84. The van der Waals surface area contributed by atoms with Gasteiger partial charge in [0.2, 0.25) is 5.91 Å². The quantitative estimate of drug-likeness (QED) is 0.490. The van der Waals surface area contributed by atoms with E-state index in [4.69, 9.17) is 9.47 Å². The molecule has 1 aliphatic rings. The van der Waals surface area contributed by atoms with Gasteiger partial charge in [-0.25, -0.2) is 0 Å². The number of amides is 2. The van der Waals surface area contributed by atoms with Gasteiger partial charge in [0.1, 0.15) is 12.4 Å². The Morgan fingerprint density at radius 2 is 1.68 bits per heavy atom. The molecule has 0 aromatic heterocycles. The lowest BCUT2D eigenvalue weighted by Crippen LogP contribution is -2.26. The van der Waals surface area contributed by atoms with Crippen LogP contribution in [0.5, 0.6) is 5.75 Å². The van der Waals surface area contributed by atoms with Crippen molar-refractivity contribution in [2.45, 2.75) is 18.9 Å². The molecule has 0 bridgehead atoms. The molecular formula is C27H29N3O4. The molecular weight excluding hydrogens is 430 g/mol. The van der Waals surface area contributed by atoms with E-state index >= 15 is 0 Å². The van der Waals surface area contributed by atoms with Gasteiger partial charge in [0.25, 0.3) is 5.91 Å². The molecule has 1 heterocycles. The number of hydrogen-bond donors (Lipinski definition) is 2. The maximum atomic E-state index is 12.7. The molecule has 1 saturated heterocycles. The predicted octanol–water partition coefficient (Wildman–Crippen LogP) is 4.57. The number of rotatable bonds is 9. The Bertz CT molecular complexity index is 1080. The highest BCUT2D eigenvalue weighted by Crippen LogP contribution is 2.19. The van der Waals surface area contributed by atoms with E-state index in [0.717, 1.165) is 36.6 Å². The van der Waals surface area contributed by atoms with Crippen molar-refractivity contribution in [3.63, 3.8) is 0 Å². The zero-order chi connectivity index (χ0) is 23.8. The third-order valence-corrected chi connectivity index (χ3v) is 5.63. The lowest BCUT2D eigenvalue weighted by molar-refractivity contribution is -0.114. The van der Waals surface area contributed by atoms with E-state index < -0.39 is 0 Å². The molecule has 1 unspecified atom stereocenters. The molecule has 1 atom stereocenters. The first-order chi connectivity index (χ1) is 16.6. The molecule has 0 aliphatic carbocycles. The first-order valence-electron chi connectivity index (χ1n) is 11.4. The summed E-state index contributed by atoms with van der Waals surface area (Å²) in [7, 11) is 1.75.